The molecule has 5 unspecified atom stereocenters. The Kier molecular flexibility index (Phi) is 17.2. The first kappa shape index (κ1) is 37.5. The third-order valence-electron chi connectivity index (χ3n) is 9.66. The van der Waals surface area contributed by atoms with Crippen molar-refractivity contribution in [2.24, 2.45) is 35.0 Å². The number of likely N-dealkylation sites (tertiary alicyclic amines) is 1. The second-order valence-corrected chi connectivity index (χ2v) is 13.5. The van der Waals surface area contributed by atoms with Crippen LogP contribution in [0.25, 0.3) is 0 Å². The SMILES string of the molecule is C.CC(C)[C@H](CN1CCC(C2C=CC(Cl)=CC2)C(C)(C)C1)NCCCC1CNC2CCCCC2C1.O.O.O. The molecule has 2 heterocycles. The summed E-state index contributed by atoms with van der Waals surface area (Å²) >= 11 is 6.18. The molecule has 8 N–H and O–H groups in total. The minimum atomic E-state index is 0. The lowest BCUT2D eigenvalue weighted by Crippen LogP contribution is -2.53. The number of nitrogens with zero attached hydrogens (tertiary/aromatic N) is 1. The highest BCUT2D eigenvalue weighted by atomic mass is 35.5. The Hall–Kier alpha value is -0.470. The summed E-state index contributed by atoms with van der Waals surface area (Å²) in [4.78, 5) is 2.75. The van der Waals surface area contributed by atoms with E-state index >= 15 is 0 Å². The molecule has 6 nitrogen and oxygen atoms in total. The third-order valence-corrected chi connectivity index (χ3v) is 9.95. The molecule has 3 fully saturated rings. The van der Waals surface area contributed by atoms with Gasteiger partial charge < -0.3 is 32.0 Å². The van der Waals surface area contributed by atoms with Gasteiger partial charge in [0.25, 0.3) is 0 Å². The molecule has 2 saturated heterocycles. The van der Waals surface area contributed by atoms with Gasteiger partial charge in [0.05, 0.1) is 0 Å². The average Bonchev–Trinajstić information content (AvgIpc) is 2.81. The van der Waals surface area contributed by atoms with Crippen molar-refractivity contribution in [2.45, 2.75) is 105 Å². The number of fused-ring (bicyclic) bond motifs is 1. The highest BCUT2D eigenvalue weighted by Crippen LogP contribution is 2.43. The van der Waals surface area contributed by atoms with Crippen molar-refractivity contribution in [1.82, 2.24) is 15.5 Å². The van der Waals surface area contributed by atoms with E-state index in [1.54, 1.807) is 0 Å². The van der Waals surface area contributed by atoms with Gasteiger partial charge in [-0.2, -0.15) is 0 Å². The van der Waals surface area contributed by atoms with Crippen LogP contribution >= 0.6 is 11.6 Å². The Bertz CT molecular complexity index is 714. The molecule has 4 aliphatic rings. The van der Waals surface area contributed by atoms with E-state index in [-0.39, 0.29) is 23.9 Å². The molecule has 2 aliphatic carbocycles. The minimum absolute atomic E-state index is 0. The third kappa shape index (κ3) is 10.2. The number of piperidine rings is 2. The number of hydrogen-bond donors (Lipinski definition) is 2. The van der Waals surface area contributed by atoms with E-state index in [1.807, 2.05) is 0 Å². The van der Waals surface area contributed by atoms with Crippen molar-refractivity contribution in [2.75, 3.05) is 32.7 Å². The van der Waals surface area contributed by atoms with E-state index in [0.29, 0.717) is 23.3 Å². The Morgan fingerprint density at radius 2 is 1.87 bits per heavy atom. The molecule has 0 bridgehead atoms. The van der Waals surface area contributed by atoms with Gasteiger partial charge in [-0.1, -0.05) is 71.7 Å². The molecule has 0 aromatic rings. The van der Waals surface area contributed by atoms with E-state index in [1.165, 1.54) is 84.1 Å². The van der Waals surface area contributed by atoms with Crippen molar-refractivity contribution in [3.63, 3.8) is 0 Å². The minimum Gasteiger partial charge on any atom is -0.412 e. The zero-order chi connectivity index (χ0) is 24.1. The lowest BCUT2D eigenvalue weighted by molar-refractivity contribution is 0.0252. The van der Waals surface area contributed by atoms with Gasteiger partial charge >= 0.3 is 0 Å². The van der Waals surface area contributed by atoms with E-state index in [2.05, 4.69) is 61.5 Å². The van der Waals surface area contributed by atoms with E-state index < -0.39 is 0 Å². The number of nitrogens with one attached hydrogen (secondary N) is 2. The zero-order valence-corrected chi connectivity index (χ0v) is 24.8. The molecule has 2 aliphatic heterocycles. The molecule has 38 heavy (non-hydrogen) atoms. The van der Waals surface area contributed by atoms with Crippen molar-refractivity contribution < 1.29 is 16.4 Å². The first-order chi connectivity index (χ1) is 16.3. The van der Waals surface area contributed by atoms with Gasteiger partial charge in [-0.3, -0.25) is 0 Å². The maximum Gasteiger partial charge on any atom is 0.0363 e. The average molecular weight is 560 g/mol. The molecule has 0 aromatic heterocycles. The summed E-state index contributed by atoms with van der Waals surface area (Å²) in [6.45, 7) is 15.8. The molecular formula is C31H62ClN3O3. The maximum absolute atomic E-state index is 6.18. The second kappa shape index (κ2) is 17.4. The molecule has 0 spiro atoms. The standard InChI is InChI=1S/C30H52ClN3.CH4.3H2O/c1-22(2)29(32-16-7-8-23-18-25-9-5-6-10-28(25)33-19-23)20-34-17-15-27(30(3,4)21-34)24-11-13-26(31)14-12-24;;;;/h11,13-14,22-25,27-29,32-33H,5-10,12,15-21H2,1-4H3;1H4;3*1H2/t23?,24?,25?,27?,28?,29-;;;;/m0..../s1. The lowest BCUT2D eigenvalue weighted by Gasteiger charge is -2.48. The Balaban J connectivity index is 0.00000342. The normalized spacial score (nSPS) is 31.4. The van der Waals surface area contributed by atoms with Gasteiger partial charge in [0.1, 0.15) is 0 Å². The van der Waals surface area contributed by atoms with E-state index in [0.717, 1.165) is 35.2 Å². The van der Waals surface area contributed by atoms with Crippen molar-refractivity contribution >= 4 is 11.6 Å². The molecule has 226 valence electrons. The van der Waals surface area contributed by atoms with Gasteiger partial charge in [-0.25, -0.2) is 0 Å². The molecule has 7 heteroatoms. The van der Waals surface area contributed by atoms with Gasteiger partial charge in [0.15, 0.2) is 0 Å². The quantitative estimate of drug-likeness (QED) is 0.396. The summed E-state index contributed by atoms with van der Waals surface area (Å²) in [6, 6.07) is 1.43. The van der Waals surface area contributed by atoms with E-state index in [4.69, 9.17) is 11.6 Å². The summed E-state index contributed by atoms with van der Waals surface area (Å²) in [5, 5.41) is 8.78. The molecule has 0 amide bonds. The predicted octanol–water partition coefficient (Wildman–Crippen LogP) is 4.76. The Morgan fingerprint density at radius 1 is 1.13 bits per heavy atom. The lowest BCUT2D eigenvalue weighted by atomic mass is 9.66. The van der Waals surface area contributed by atoms with Gasteiger partial charge in [-0.15, -0.1) is 0 Å². The molecule has 0 radical (unpaired) electrons. The topological polar surface area (TPSA) is 122 Å². The Morgan fingerprint density at radius 3 is 2.53 bits per heavy atom. The summed E-state index contributed by atoms with van der Waals surface area (Å²) in [5.41, 5.74) is 0.345. The Labute approximate surface area is 239 Å². The molecule has 0 aromatic carbocycles. The fourth-order valence-electron chi connectivity index (χ4n) is 7.62. The highest BCUT2D eigenvalue weighted by Gasteiger charge is 2.40. The number of hydrogen-bond acceptors (Lipinski definition) is 3. The summed E-state index contributed by atoms with van der Waals surface area (Å²) in [6.07, 6.45) is 19.1. The van der Waals surface area contributed by atoms with Crippen LogP contribution in [0.4, 0.5) is 0 Å². The number of rotatable bonds is 9. The number of allylic oxidation sites excluding steroid dienone is 4. The van der Waals surface area contributed by atoms with Gasteiger partial charge in [0.2, 0.25) is 0 Å². The van der Waals surface area contributed by atoms with Crippen LogP contribution in [0.3, 0.4) is 0 Å². The van der Waals surface area contributed by atoms with Crippen molar-refractivity contribution in [1.29, 1.82) is 0 Å². The summed E-state index contributed by atoms with van der Waals surface area (Å²) in [7, 11) is 0. The monoisotopic (exact) mass is 559 g/mol. The van der Waals surface area contributed by atoms with Crippen LogP contribution < -0.4 is 10.6 Å². The van der Waals surface area contributed by atoms with Crippen LogP contribution in [0, 0.1) is 35.0 Å². The number of halogens is 1. The van der Waals surface area contributed by atoms with Gasteiger partial charge in [0, 0.05) is 30.2 Å². The smallest absolute Gasteiger partial charge is 0.0363 e. The fourth-order valence-corrected chi connectivity index (χ4v) is 7.78. The van der Waals surface area contributed by atoms with Crippen LogP contribution in [0.5, 0.6) is 0 Å². The fraction of sp³-hybridized carbons (Fsp3) is 0.871. The van der Waals surface area contributed by atoms with Gasteiger partial charge in [-0.05, 0) is 106 Å². The first-order valence-electron chi connectivity index (χ1n) is 14.5. The van der Waals surface area contributed by atoms with Crippen LogP contribution in [0.15, 0.2) is 23.3 Å². The zero-order valence-electron chi connectivity index (χ0n) is 24.0. The molecule has 6 atom stereocenters. The largest absolute Gasteiger partial charge is 0.412 e. The molecular weight excluding hydrogens is 498 g/mol. The summed E-state index contributed by atoms with van der Waals surface area (Å²) in [5.74, 6) is 3.94. The van der Waals surface area contributed by atoms with Crippen LogP contribution in [0.2, 0.25) is 0 Å². The molecule has 4 rings (SSSR count). The predicted molar refractivity (Wildman–Crippen MR) is 165 cm³/mol. The second-order valence-electron chi connectivity index (χ2n) is 13.1. The highest BCUT2D eigenvalue weighted by molar-refractivity contribution is 6.31. The first-order valence-corrected chi connectivity index (χ1v) is 14.9. The van der Waals surface area contributed by atoms with Crippen LogP contribution in [-0.4, -0.2) is 66.1 Å². The van der Waals surface area contributed by atoms with Crippen molar-refractivity contribution in [3.8, 4) is 0 Å². The van der Waals surface area contributed by atoms with Crippen LogP contribution in [0.1, 0.15) is 92.9 Å². The van der Waals surface area contributed by atoms with Crippen LogP contribution in [-0.2, 0) is 0 Å². The summed E-state index contributed by atoms with van der Waals surface area (Å²) < 4.78 is 0. The maximum atomic E-state index is 6.18. The molecule has 1 saturated carbocycles. The van der Waals surface area contributed by atoms with E-state index in [9.17, 15) is 0 Å². The van der Waals surface area contributed by atoms with Crippen molar-refractivity contribution in [3.05, 3.63) is 23.3 Å².